The van der Waals surface area contributed by atoms with Crippen molar-refractivity contribution in [2.45, 2.75) is 13.0 Å². The average molecular weight is 419 g/mol. The summed E-state index contributed by atoms with van der Waals surface area (Å²) in [6, 6.07) is 33.2. The molecule has 32 heavy (non-hydrogen) atoms. The van der Waals surface area contributed by atoms with Crippen LogP contribution in [0.5, 0.6) is 0 Å². The topological polar surface area (TPSA) is 59.3 Å². The molecule has 0 fully saturated rings. The van der Waals surface area contributed by atoms with Crippen molar-refractivity contribution in [3.63, 3.8) is 0 Å². The molecule has 0 aliphatic heterocycles. The third-order valence-corrected chi connectivity index (χ3v) is 5.45. The Morgan fingerprint density at radius 3 is 1.97 bits per heavy atom. The Morgan fingerprint density at radius 1 is 0.781 bits per heavy atom. The van der Waals surface area contributed by atoms with Crippen molar-refractivity contribution in [2.24, 2.45) is 0 Å². The Bertz CT molecular complexity index is 1360. The third kappa shape index (κ3) is 3.88. The van der Waals surface area contributed by atoms with Gasteiger partial charge >= 0.3 is 0 Å². The molecule has 1 unspecified atom stereocenters. The van der Waals surface area contributed by atoms with Crippen molar-refractivity contribution in [3.05, 3.63) is 114 Å². The van der Waals surface area contributed by atoms with E-state index >= 15 is 0 Å². The van der Waals surface area contributed by atoms with Crippen molar-refractivity contribution in [3.8, 4) is 22.5 Å². The van der Waals surface area contributed by atoms with Crippen LogP contribution < -0.4 is 5.32 Å². The van der Waals surface area contributed by atoms with Crippen LogP contribution >= 0.6 is 0 Å². The lowest BCUT2D eigenvalue weighted by molar-refractivity contribution is 0.0932. The van der Waals surface area contributed by atoms with E-state index in [9.17, 15) is 4.79 Å². The maximum atomic E-state index is 13.4. The fraction of sp³-hybridized carbons (Fsp3) is 0.0741. The molecule has 0 radical (unpaired) electrons. The van der Waals surface area contributed by atoms with Gasteiger partial charge in [0.1, 0.15) is 5.69 Å². The summed E-state index contributed by atoms with van der Waals surface area (Å²) >= 11 is 0. The summed E-state index contributed by atoms with van der Waals surface area (Å²) in [7, 11) is 0. The van der Waals surface area contributed by atoms with Gasteiger partial charge in [-0.05, 0) is 18.6 Å². The largest absolute Gasteiger partial charge is 0.344 e. The highest BCUT2D eigenvalue weighted by atomic mass is 16.2. The summed E-state index contributed by atoms with van der Waals surface area (Å²) < 4.78 is 1.63. The van der Waals surface area contributed by atoms with E-state index in [1.54, 1.807) is 10.6 Å². The van der Waals surface area contributed by atoms with Crippen LogP contribution in [0.3, 0.4) is 0 Å². The first kappa shape index (κ1) is 19.7. The molecule has 3 aromatic carbocycles. The van der Waals surface area contributed by atoms with Crippen LogP contribution in [-0.4, -0.2) is 20.5 Å². The number of hydrogen-bond acceptors (Lipinski definition) is 3. The van der Waals surface area contributed by atoms with Crippen LogP contribution in [-0.2, 0) is 0 Å². The van der Waals surface area contributed by atoms with Crippen LogP contribution in [0.1, 0.15) is 29.0 Å². The number of fused-ring (bicyclic) bond motifs is 1. The minimum atomic E-state index is -0.200. The third-order valence-electron chi connectivity index (χ3n) is 5.45. The number of carbonyl (C=O) groups excluding carboxylic acids is 1. The Balaban J connectivity index is 1.60. The number of aromatic nitrogens is 3. The highest BCUT2D eigenvalue weighted by molar-refractivity contribution is 5.94. The number of nitrogens with zero attached hydrogens (tertiary/aromatic N) is 3. The molecule has 0 aliphatic rings. The Morgan fingerprint density at radius 2 is 1.34 bits per heavy atom. The predicted octanol–water partition coefficient (Wildman–Crippen LogP) is 5.55. The number of nitrogens with one attached hydrogen (secondary N) is 1. The Kier molecular flexibility index (Phi) is 5.22. The zero-order valence-corrected chi connectivity index (χ0v) is 17.6. The molecule has 156 valence electrons. The summed E-state index contributed by atoms with van der Waals surface area (Å²) in [4.78, 5) is 18.2. The summed E-state index contributed by atoms with van der Waals surface area (Å²) in [5.74, 6) is -0.200. The van der Waals surface area contributed by atoms with Crippen LogP contribution in [0.4, 0.5) is 0 Å². The number of amides is 1. The SMILES string of the molecule is CC(NC(=O)c1cc(-c2ccccc2)nc2cc(-c3ccccc3)nn12)c1ccccc1. The lowest BCUT2D eigenvalue weighted by atomic mass is 10.1. The van der Waals surface area contributed by atoms with E-state index in [0.717, 1.165) is 28.1 Å². The molecule has 0 aliphatic carbocycles. The average Bonchev–Trinajstić information content (AvgIpc) is 3.29. The van der Waals surface area contributed by atoms with Crippen molar-refractivity contribution >= 4 is 11.6 Å². The van der Waals surface area contributed by atoms with E-state index in [1.165, 1.54) is 0 Å². The molecule has 5 rings (SSSR count). The van der Waals surface area contributed by atoms with Gasteiger partial charge in [-0.1, -0.05) is 91.0 Å². The summed E-state index contributed by atoms with van der Waals surface area (Å²) in [5.41, 5.74) is 5.54. The standard InChI is InChI=1S/C27H22N4O/c1-19(20-11-5-2-6-12-20)28-27(32)25-17-23(21-13-7-3-8-14-21)29-26-18-24(30-31(25)26)22-15-9-4-10-16-22/h2-19H,1H3,(H,28,32). The molecule has 0 saturated heterocycles. The Hall–Kier alpha value is -4.25. The maximum absolute atomic E-state index is 13.4. The molecule has 0 saturated carbocycles. The van der Waals surface area contributed by atoms with Gasteiger partial charge in [0, 0.05) is 17.2 Å². The van der Waals surface area contributed by atoms with Gasteiger partial charge in [-0.15, -0.1) is 0 Å². The smallest absolute Gasteiger partial charge is 0.270 e. The number of benzene rings is 3. The number of hydrogen-bond donors (Lipinski definition) is 1. The fourth-order valence-electron chi connectivity index (χ4n) is 3.74. The minimum absolute atomic E-state index is 0.142. The van der Waals surface area contributed by atoms with E-state index in [1.807, 2.05) is 104 Å². The second-order valence-electron chi connectivity index (χ2n) is 7.66. The van der Waals surface area contributed by atoms with Gasteiger partial charge in [0.2, 0.25) is 0 Å². The van der Waals surface area contributed by atoms with Gasteiger partial charge < -0.3 is 5.32 Å². The normalized spacial score (nSPS) is 11.9. The van der Waals surface area contributed by atoms with Crippen LogP contribution in [0.15, 0.2) is 103 Å². The molecule has 5 heteroatoms. The van der Waals surface area contributed by atoms with Crippen LogP contribution in [0.2, 0.25) is 0 Å². The van der Waals surface area contributed by atoms with Gasteiger partial charge in [0.25, 0.3) is 5.91 Å². The lowest BCUT2D eigenvalue weighted by Gasteiger charge is -2.15. The first-order valence-electron chi connectivity index (χ1n) is 10.6. The van der Waals surface area contributed by atoms with Gasteiger partial charge in [-0.25, -0.2) is 9.50 Å². The molecule has 0 bridgehead atoms. The molecule has 1 N–H and O–H groups in total. The first-order valence-corrected chi connectivity index (χ1v) is 10.6. The van der Waals surface area contributed by atoms with Crippen molar-refractivity contribution in [2.75, 3.05) is 0 Å². The van der Waals surface area contributed by atoms with E-state index in [2.05, 4.69) is 5.32 Å². The van der Waals surface area contributed by atoms with Crippen molar-refractivity contribution < 1.29 is 4.79 Å². The van der Waals surface area contributed by atoms with Crippen LogP contribution in [0, 0.1) is 0 Å². The van der Waals surface area contributed by atoms with Crippen LogP contribution in [0.25, 0.3) is 28.2 Å². The number of rotatable bonds is 5. The van der Waals surface area contributed by atoms with Gasteiger partial charge in [0.05, 0.1) is 17.4 Å². The zero-order valence-electron chi connectivity index (χ0n) is 17.6. The van der Waals surface area contributed by atoms with E-state index in [0.29, 0.717) is 11.3 Å². The maximum Gasteiger partial charge on any atom is 0.270 e. The predicted molar refractivity (Wildman–Crippen MR) is 126 cm³/mol. The van der Waals surface area contributed by atoms with Crippen molar-refractivity contribution in [1.82, 2.24) is 19.9 Å². The molecular formula is C27H22N4O. The molecule has 2 heterocycles. The van der Waals surface area contributed by atoms with E-state index < -0.39 is 0 Å². The lowest BCUT2D eigenvalue weighted by Crippen LogP contribution is -2.28. The molecule has 1 atom stereocenters. The van der Waals surface area contributed by atoms with Crippen molar-refractivity contribution in [1.29, 1.82) is 0 Å². The van der Waals surface area contributed by atoms with E-state index in [-0.39, 0.29) is 11.9 Å². The minimum Gasteiger partial charge on any atom is -0.344 e. The second kappa shape index (κ2) is 8.47. The number of carbonyl (C=O) groups is 1. The molecule has 5 aromatic rings. The molecule has 2 aromatic heterocycles. The Labute approximate surface area is 186 Å². The van der Waals surface area contributed by atoms with Gasteiger partial charge in [0.15, 0.2) is 5.65 Å². The molecule has 1 amide bonds. The fourth-order valence-corrected chi connectivity index (χ4v) is 3.74. The molecule has 5 nitrogen and oxygen atoms in total. The quantitative estimate of drug-likeness (QED) is 0.407. The highest BCUT2D eigenvalue weighted by Gasteiger charge is 2.19. The summed E-state index contributed by atoms with van der Waals surface area (Å²) in [6.45, 7) is 1.97. The molecule has 0 spiro atoms. The van der Waals surface area contributed by atoms with E-state index in [4.69, 9.17) is 10.1 Å². The monoisotopic (exact) mass is 418 g/mol. The zero-order chi connectivity index (χ0) is 21.9. The summed E-state index contributed by atoms with van der Waals surface area (Å²) in [5, 5.41) is 7.82. The summed E-state index contributed by atoms with van der Waals surface area (Å²) in [6.07, 6.45) is 0. The van der Waals surface area contributed by atoms with Gasteiger partial charge in [-0.3, -0.25) is 4.79 Å². The first-order chi connectivity index (χ1) is 15.7. The van der Waals surface area contributed by atoms with Gasteiger partial charge in [-0.2, -0.15) is 5.10 Å². The highest BCUT2D eigenvalue weighted by Crippen LogP contribution is 2.24. The second-order valence-corrected chi connectivity index (χ2v) is 7.66. The molecular weight excluding hydrogens is 396 g/mol.